The van der Waals surface area contributed by atoms with Gasteiger partial charge in [-0.25, -0.2) is 13.2 Å². The molecule has 1 aromatic carbocycles. The zero-order valence-corrected chi connectivity index (χ0v) is 12.6. The Hall–Kier alpha value is -2.30. The fraction of sp³-hybridized carbons (Fsp3) is 0.333. The number of rotatable bonds is 2. The summed E-state index contributed by atoms with van der Waals surface area (Å²) < 4.78 is 59.7. The van der Waals surface area contributed by atoms with E-state index in [-0.39, 0.29) is 10.4 Å². The number of halogens is 3. The zero-order valence-electron chi connectivity index (χ0n) is 11.8. The minimum Gasteiger partial charge on any atom is -0.241 e. The van der Waals surface area contributed by atoms with Crippen LogP contribution < -0.4 is 4.90 Å². The number of nitrogens with zero attached hydrogens (tertiary/aromatic N) is 2. The lowest BCUT2D eigenvalue weighted by Crippen LogP contribution is -2.38. The number of hydrogen-bond acceptors (Lipinski definition) is 5. The molecule has 1 aromatic rings. The Balaban J connectivity index is 2.45. The number of alkyl halides is 3. The second-order valence-electron chi connectivity index (χ2n) is 5.22. The molecule has 11 heteroatoms. The van der Waals surface area contributed by atoms with E-state index in [1.165, 1.54) is 13.8 Å². The van der Waals surface area contributed by atoms with Gasteiger partial charge in [0.05, 0.1) is 4.90 Å². The predicted octanol–water partition coefficient (Wildman–Crippen LogP) is 2.00. The van der Waals surface area contributed by atoms with Crippen LogP contribution in [0.2, 0.25) is 0 Å². The summed E-state index contributed by atoms with van der Waals surface area (Å²) in [4.78, 5) is 34.9. The minimum absolute atomic E-state index is 0.0598. The third-order valence-corrected chi connectivity index (χ3v) is 4.81. The molecule has 0 atom stereocenters. The van der Waals surface area contributed by atoms with Gasteiger partial charge in [-0.2, -0.15) is 18.0 Å². The van der Waals surface area contributed by atoms with Gasteiger partial charge < -0.3 is 0 Å². The van der Waals surface area contributed by atoms with E-state index in [2.05, 4.69) is 0 Å². The van der Waals surface area contributed by atoms with E-state index >= 15 is 0 Å². The van der Waals surface area contributed by atoms with E-state index in [0.29, 0.717) is 17.0 Å². The Bertz CT molecular complexity index is 812. The Morgan fingerprint density at radius 1 is 1.09 bits per heavy atom. The van der Waals surface area contributed by atoms with Crippen LogP contribution in [0.15, 0.2) is 29.2 Å². The molecule has 1 aliphatic rings. The van der Waals surface area contributed by atoms with Crippen LogP contribution in [0.4, 0.5) is 23.7 Å². The van der Waals surface area contributed by atoms with Gasteiger partial charge in [0.1, 0.15) is 5.69 Å². The second kappa shape index (κ2) is 4.85. The summed E-state index contributed by atoms with van der Waals surface area (Å²) in [5.74, 6) is -0.871. The summed E-state index contributed by atoms with van der Waals surface area (Å²) in [6, 6.07) is 1.72. The molecule has 0 spiro atoms. The van der Waals surface area contributed by atoms with Gasteiger partial charge in [0.2, 0.25) is 0 Å². The molecule has 1 aliphatic heterocycles. The third-order valence-electron chi connectivity index (χ3n) is 3.31. The molecular formula is C12H10F3N2O5S+. The Morgan fingerprint density at radius 3 is 1.91 bits per heavy atom. The lowest BCUT2D eigenvalue weighted by molar-refractivity contribution is -0.501. The molecule has 0 saturated carbocycles. The van der Waals surface area contributed by atoms with Crippen molar-refractivity contribution >= 4 is 27.5 Å². The molecule has 1 saturated heterocycles. The van der Waals surface area contributed by atoms with Gasteiger partial charge in [-0.05, 0) is 38.1 Å². The summed E-state index contributed by atoms with van der Waals surface area (Å²) in [5, 5.41) is 0. The summed E-state index contributed by atoms with van der Waals surface area (Å²) in [7, 11) is -5.54. The topological polar surface area (TPSA) is 91.6 Å². The first kappa shape index (κ1) is 17.1. The number of sulfone groups is 1. The molecule has 0 N–H and O–H groups in total. The SMILES string of the molecule is CC1(C)C(=O)N(c2ccc(S(=O)(=O)C(F)(F)F)cc2)C(=O)[N+]1=O. The number of nitroso groups, excluding NO2 is 1. The number of benzene rings is 1. The van der Waals surface area contributed by atoms with E-state index < -0.39 is 37.7 Å². The molecule has 124 valence electrons. The van der Waals surface area contributed by atoms with E-state index in [1.807, 2.05) is 0 Å². The number of hydrogen-bond donors (Lipinski definition) is 0. The van der Waals surface area contributed by atoms with Crippen LogP contribution in [-0.2, 0) is 14.6 Å². The highest BCUT2D eigenvalue weighted by Gasteiger charge is 2.62. The highest BCUT2D eigenvalue weighted by molar-refractivity contribution is 7.92. The molecule has 0 unspecified atom stereocenters. The highest BCUT2D eigenvalue weighted by atomic mass is 32.2. The summed E-state index contributed by atoms with van der Waals surface area (Å²) >= 11 is 0. The molecular weight excluding hydrogens is 341 g/mol. The minimum atomic E-state index is -5.54. The fourth-order valence-electron chi connectivity index (χ4n) is 1.91. The monoisotopic (exact) mass is 351 g/mol. The number of imide groups is 1. The smallest absolute Gasteiger partial charge is 0.241 e. The van der Waals surface area contributed by atoms with Crippen LogP contribution in [-0.4, -0.2) is 36.2 Å². The highest BCUT2D eigenvalue weighted by Crippen LogP contribution is 2.33. The second-order valence-corrected chi connectivity index (χ2v) is 7.16. The molecule has 0 bridgehead atoms. The average Bonchev–Trinajstić information content (AvgIpc) is 2.59. The fourth-order valence-corrected chi connectivity index (χ4v) is 2.67. The van der Waals surface area contributed by atoms with E-state index in [9.17, 15) is 36.1 Å². The lowest BCUT2D eigenvalue weighted by Gasteiger charge is -2.09. The Labute approximate surface area is 128 Å². The van der Waals surface area contributed by atoms with E-state index in [1.54, 1.807) is 0 Å². The van der Waals surface area contributed by atoms with Crippen molar-refractivity contribution in [3.63, 3.8) is 0 Å². The maximum Gasteiger partial charge on any atom is 0.545 e. The summed E-state index contributed by atoms with van der Waals surface area (Å²) in [6.45, 7) is 2.42. The van der Waals surface area contributed by atoms with Crippen molar-refractivity contribution in [1.29, 1.82) is 0 Å². The van der Waals surface area contributed by atoms with Crippen LogP contribution in [0.5, 0.6) is 0 Å². The summed E-state index contributed by atoms with van der Waals surface area (Å²) in [6.07, 6.45) is 0. The normalized spacial score (nSPS) is 18.7. The van der Waals surface area contributed by atoms with Gasteiger partial charge in [0, 0.05) is 4.76 Å². The van der Waals surface area contributed by atoms with Gasteiger partial charge in [0.25, 0.3) is 15.4 Å². The van der Waals surface area contributed by atoms with Crippen LogP contribution in [0, 0.1) is 4.91 Å². The maximum atomic E-state index is 12.4. The molecule has 3 amide bonds. The maximum absolute atomic E-state index is 12.4. The quantitative estimate of drug-likeness (QED) is 0.600. The molecule has 0 aliphatic carbocycles. The van der Waals surface area contributed by atoms with E-state index in [0.717, 1.165) is 12.1 Å². The molecule has 7 nitrogen and oxygen atoms in total. The van der Waals surface area contributed by atoms with Crippen molar-refractivity contribution in [3.8, 4) is 0 Å². The van der Waals surface area contributed by atoms with Crippen molar-refractivity contribution in [1.82, 2.24) is 0 Å². The molecule has 1 fully saturated rings. The van der Waals surface area contributed by atoms with Crippen molar-refractivity contribution < 1.29 is 35.9 Å². The first-order valence-corrected chi connectivity index (χ1v) is 7.57. The zero-order chi connectivity index (χ0) is 17.8. The first-order chi connectivity index (χ1) is 10.3. The molecule has 23 heavy (non-hydrogen) atoms. The van der Waals surface area contributed by atoms with Crippen molar-refractivity contribution in [2.75, 3.05) is 4.90 Å². The van der Waals surface area contributed by atoms with Crippen LogP contribution in [0.25, 0.3) is 0 Å². The van der Waals surface area contributed by atoms with Crippen LogP contribution >= 0.6 is 0 Å². The number of anilines is 1. The standard InChI is InChI=1S/C12H10F3N2O5S/c1-11(2)9(18)16(10(19)17(11)20)7-3-5-8(6-4-7)23(21,22)12(13,14)15/h3-6H,1-2H3/q+1. The summed E-state index contributed by atoms with van der Waals surface area (Å²) in [5.41, 5.74) is -7.33. The van der Waals surface area contributed by atoms with Gasteiger partial charge in [-0.1, -0.05) is 4.91 Å². The van der Waals surface area contributed by atoms with Crippen LogP contribution in [0.1, 0.15) is 13.8 Å². The lowest BCUT2D eigenvalue weighted by atomic mass is 10.1. The first-order valence-electron chi connectivity index (χ1n) is 6.09. The van der Waals surface area contributed by atoms with Gasteiger partial charge in [-0.3, -0.25) is 0 Å². The van der Waals surface area contributed by atoms with Gasteiger partial charge in [0.15, 0.2) is 0 Å². The molecule has 1 heterocycles. The predicted molar refractivity (Wildman–Crippen MR) is 70.3 cm³/mol. The number of urea groups is 1. The Kier molecular flexibility index (Phi) is 3.60. The van der Waals surface area contributed by atoms with Crippen molar-refractivity contribution in [2.24, 2.45) is 0 Å². The molecule has 2 rings (SSSR count). The number of carbonyl (C=O) groups excluding carboxylic acids is 2. The average molecular weight is 351 g/mol. The Morgan fingerprint density at radius 2 is 1.57 bits per heavy atom. The van der Waals surface area contributed by atoms with E-state index in [4.69, 9.17) is 0 Å². The largest absolute Gasteiger partial charge is 0.545 e. The van der Waals surface area contributed by atoms with Gasteiger partial charge in [-0.15, -0.1) is 4.90 Å². The molecule has 0 radical (unpaired) electrons. The number of amides is 3. The number of carbonyl (C=O) groups is 2. The molecule has 0 aromatic heterocycles. The van der Waals surface area contributed by atoms with Crippen LogP contribution in [0.3, 0.4) is 0 Å². The third kappa shape index (κ3) is 2.40. The van der Waals surface area contributed by atoms with Crippen molar-refractivity contribution in [2.45, 2.75) is 29.8 Å². The van der Waals surface area contributed by atoms with Crippen molar-refractivity contribution in [3.05, 3.63) is 29.2 Å². The van der Waals surface area contributed by atoms with Gasteiger partial charge >= 0.3 is 17.4 Å².